The van der Waals surface area contributed by atoms with E-state index in [1.54, 1.807) is 11.8 Å². The molecular formula is C37H64O5SSi3. The minimum absolute atomic E-state index is 0.00932. The largest absolute Gasteiger partial charge is 0.408 e. The highest BCUT2D eigenvalue weighted by molar-refractivity contribution is 7.99. The zero-order chi connectivity index (χ0) is 34.8. The molecule has 0 saturated carbocycles. The molecule has 1 fully saturated rings. The first-order valence-electron chi connectivity index (χ1n) is 17.0. The van der Waals surface area contributed by atoms with Crippen LogP contribution in [-0.4, -0.2) is 61.4 Å². The monoisotopic (exact) mass is 704 g/mol. The van der Waals surface area contributed by atoms with Crippen LogP contribution in [0.15, 0.2) is 65.6 Å². The highest BCUT2D eigenvalue weighted by Gasteiger charge is 2.56. The number of hydrogen-bond donors (Lipinski definition) is 0. The molecule has 1 heterocycles. The second-order valence-corrected chi connectivity index (χ2v) is 32.9. The molecule has 0 radical (unpaired) electrons. The van der Waals surface area contributed by atoms with Gasteiger partial charge in [0.25, 0.3) is 0 Å². The van der Waals surface area contributed by atoms with Gasteiger partial charge in [0.1, 0.15) is 29.9 Å². The normalized spacial score (nSPS) is 23.8. The van der Waals surface area contributed by atoms with Crippen LogP contribution in [0.25, 0.3) is 0 Å². The van der Waals surface area contributed by atoms with Gasteiger partial charge in [0.05, 0.1) is 13.2 Å². The Morgan fingerprint density at radius 2 is 1.00 bits per heavy atom. The Kier molecular flexibility index (Phi) is 12.9. The van der Waals surface area contributed by atoms with Crippen LogP contribution in [0.4, 0.5) is 0 Å². The van der Waals surface area contributed by atoms with E-state index < -0.39 is 25.0 Å². The molecule has 1 aliphatic rings. The Morgan fingerprint density at radius 1 is 0.587 bits per heavy atom. The molecule has 260 valence electrons. The van der Waals surface area contributed by atoms with Crippen molar-refractivity contribution < 1.29 is 22.8 Å². The van der Waals surface area contributed by atoms with E-state index in [2.05, 4.69) is 156 Å². The second kappa shape index (κ2) is 15.0. The lowest BCUT2D eigenvalue weighted by Crippen LogP contribution is -2.67. The van der Waals surface area contributed by atoms with Crippen molar-refractivity contribution in [3.05, 3.63) is 66.2 Å². The molecule has 1 aliphatic heterocycles. The molecule has 4 unspecified atom stereocenters. The van der Waals surface area contributed by atoms with Crippen molar-refractivity contribution >= 4 is 36.7 Å². The Morgan fingerprint density at radius 3 is 1.46 bits per heavy atom. The van der Waals surface area contributed by atoms with Gasteiger partial charge in [-0.2, -0.15) is 0 Å². The molecule has 2 aromatic rings. The molecular weight excluding hydrogens is 641 g/mol. The third-order valence-electron chi connectivity index (χ3n) is 10.7. The molecule has 0 N–H and O–H groups in total. The lowest BCUT2D eigenvalue weighted by Gasteiger charge is -2.54. The molecule has 3 rings (SSSR count). The number of thioether (sulfide) groups is 1. The van der Waals surface area contributed by atoms with Crippen molar-refractivity contribution in [2.45, 2.75) is 158 Å². The molecule has 0 spiro atoms. The van der Waals surface area contributed by atoms with Crippen LogP contribution in [0.1, 0.15) is 67.9 Å². The van der Waals surface area contributed by atoms with E-state index >= 15 is 0 Å². The van der Waals surface area contributed by atoms with E-state index in [0.717, 1.165) is 10.5 Å². The maximum Gasteiger partial charge on any atom is 0.192 e. The molecule has 0 aliphatic carbocycles. The molecule has 0 aromatic heterocycles. The maximum atomic E-state index is 7.53. The highest BCUT2D eigenvalue weighted by Crippen LogP contribution is 2.48. The SMILES string of the molecule is CC(C)(C)[Si](C)(C)OC1C(COCc2ccccc2)OC(Sc2ccccc2)C(O[Si](C)(C)C(C)(C)C)[C@H]1O[Si](C)(C)C(C)(C)C. The van der Waals surface area contributed by atoms with Gasteiger partial charge in [-0.3, -0.25) is 0 Å². The van der Waals surface area contributed by atoms with Crippen LogP contribution in [0, 0.1) is 0 Å². The minimum atomic E-state index is -2.29. The van der Waals surface area contributed by atoms with Gasteiger partial charge in [-0.05, 0) is 72.1 Å². The summed E-state index contributed by atoms with van der Waals surface area (Å²) in [7, 11) is -6.82. The molecule has 2 aromatic carbocycles. The zero-order valence-corrected chi connectivity index (χ0v) is 35.3. The van der Waals surface area contributed by atoms with Crippen molar-refractivity contribution in [3.63, 3.8) is 0 Å². The van der Waals surface area contributed by atoms with Gasteiger partial charge < -0.3 is 22.8 Å². The summed E-state index contributed by atoms with van der Waals surface area (Å²) >= 11 is 1.73. The molecule has 9 heteroatoms. The van der Waals surface area contributed by atoms with Gasteiger partial charge >= 0.3 is 0 Å². The standard InChI is InChI=1S/C37H64O5SSi3/c1-35(2,3)44(10,11)40-31-30(27-38-26-28-22-18-16-19-23-28)39-34(43-29-24-20-17-21-25-29)33(42-46(14,15)37(7,8)9)32(31)41-45(12,13)36(4,5)6/h16-25,30-34H,26-27H2,1-15H3/t30?,31?,32-,33?,34?/m0/s1. The summed E-state index contributed by atoms with van der Waals surface area (Å²) in [6.45, 7) is 35.6. The lowest BCUT2D eigenvalue weighted by molar-refractivity contribution is -0.198. The van der Waals surface area contributed by atoms with E-state index in [9.17, 15) is 0 Å². The summed E-state index contributed by atoms with van der Waals surface area (Å²) in [5.41, 5.74) is 0.847. The van der Waals surface area contributed by atoms with Gasteiger partial charge in [0, 0.05) is 4.90 Å². The molecule has 0 amide bonds. The van der Waals surface area contributed by atoms with E-state index in [4.69, 9.17) is 22.8 Å². The fraction of sp³-hybridized carbons (Fsp3) is 0.676. The third kappa shape index (κ3) is 10.1. The van der Waals surface area contributed by atoms with E-state index in [1.807, 2.05) is 6.07 Å². The number of rotatable bonds is 12. The Balaban J connectivity index is 2.17. The summed E-state index contributed by atoms with van der Waals surface area (Å²) in [6.07, 6.45) is -1.30. The van der Waals surface area contributed by atoms with Crippen molar-refractivity contribution in [2.75, 3.05) is 6.61 Å². The topological polar surface area (TPSA) is 46.2 Å². The quantitative estimate of drug-likeness (QED) is 0.205. The fourth-order valence-corrected chi connectivity index (χ4v) is 9.70. The third-order valence-corrected chi connectivity index (χ3v) is 25.3. The second-order valence-electron chi connectivity index (χ2n) is 17.5. The minimum Gasteiger partial charge on any atom is -0.408 e. The number of hydrogen-bond acceptors (Lipinski definition) is 6. The molecule has 5 nitrogen and oxygen atoms in total. The van der Waals surface area contributed by atoms with Crippen LogP contribution in [0.2, 0.25) is 54.4 Å². The summed E-state index contributed by atoms with van der Waals surface area (Å²) in [4.78, 5) is 1.15. The average Bonchev–Trinajstić information content (AvgIpc) is 2.91. The van der Waals surface area contributed by atoms with Crippen molar-refractivity contribution in [1.29, 1.82) is 0 Å². The van der Waals surface area contributed by atoms with Gasteiger partial charge in [0.2, 0.25) is 0 Å². The molecule has 5 atom stereocenters. The summed E-state index contributed by atoms with van der Waals surface area (Å²) < 4.78 is 36.0. The predicted octanol–water partition coefficient (Wildman–Crippen LogP) is 10.9. The van der Waals surface area contributed by atoms with Crippen LogP contribution >= 0.6 is 11.8 Å². The fourth-order valence-electron chi connectivity index (χ4n) is 4.56. The first-order valence-corrected chi connectivity index (χ1v) is 26.6. The van der Waals surface area contributed by atoms with E-state index in [0.29, 0.717) is 13.2 Å². The van der Waals surface area contributed by atoms with Crippen LogP contribution in [-0.2, 0) is 29.4 Å². The summed E-state index contributed by atoms with van der Waals surface area (Å²) in [5, 5.41) is 0.0348. The van der Waals surface area contributed by atoms with Crippen molar-refractivity contribution in [1.82, 2.24) is 0 Å². The Hall–Kier alpha value is -0.759. The van der Waals surface area contributed by atoms with Crippen molar-refractivity contribution in [2.24, 2.45) is 0 Å². The Bertz CT molecular complexity index is 1220. The van der Waals surface area contributed by atoms with Crippen LogP contribution in [0.5, 0.6) is 0 Å². The van der Waals surface area contributed by atoms with Crippen molar-refractivity contribution in [3.8, 4) is 0 Å². The van der Waals surface area contributed by atoms with Gasteiger partial charge in [-0.1, -0.05) is 123 Å². The predicted molar refractivity (Wildman–Crippen MR) is 203 cm³/mol. The van der Waals surface area contributed by atoms with E-state index in [1.165, 1.54) is 0 Å². The van der Waals surface area contributed by atoms with Gasteiger partial charge in [-0.15, -0.1) is 0 Å². The smallest absolute Gasteiger partial charge is 0.192 e. The molecule has 1 saturated heterocycles. The van der Waals surface area contributed by atoms with Gasteiger partial charge in [-0.25, -0.2) is 0 Å². The van der Waals surface area contributed by atoms with Crippen LogP contribution in [0.3, 0.4) is 0 Å². The lowest BCUT2D eigenvalue weighted by atomic mass is 10.0. The van der Waals surface area contributed by atoms with Crippen LogP contribution < -0.4 is 0 Å². The van der Waals surface area contributed by atoms with E-state index in [-0.39, 0.29) is 45.0 Å². The average molecular weight is 705 g/mol. The number of benzene rings is 2. The molecule has 46 heavy (non-hydrogen) atoms. The Labute approximate surface area is 289 Å². The first kappa shape index (κ1) is 39.7. The highest BCUT2D eigenvalue weighted by atomic mass is 32.2. The first-order chi connectivity index (χ1) is 21.0. The van der Waals surface area contributed by atoms with Gasteiger partial charge in [0.15, 0.2) is 25.0 Å². The summed E-state index contributed by atoms with van der Waals surface area (Å²) in [5.74, 6) is 0. The molecule has 0 bridgehead atoms. The number of ether oxygens (including phenoxy) is 2. The zero-order valence-electron chi connectivity index (χ0n) is 31.5. The summed E-state index contributed by atoms with van der Waals surface area (Å²) in [6, 6.07) is 20.9. The maximum absolute atomic E-state index is 7.53.